The Balaban J connectivity index is 1.57. The third-order valence-corrected chi connectivity index (χ3v) is 5.55. The molecule has 25 heavy (non-hydrogen) atoms. The van der Waals surface area contributed by atoms with Crippen LogP contribution in [0.25, 0.3) is 10.2 Å². The van der Waals surface area contributed by atoms with Crippen molar-refractivity contribution in [1.29, 1.82) is 0 Å². The lowest BCUT2D eigenvalue weighted by Gasteiger charge is -2.29. The number of H-pyrrole nitrogens is 1. The lowest BCUT2D eigenvalue weighted by molar-refractivity contribution is -0.0379. The van der Waals surface area contributed by atoms with Crippen LogP contribution in [-0.4, -0.2) is 15.6 Å². The fraction of sp³-hybridized carbons (Fsp3) is 0.368. The first-order valence-corrected chi connectivity index (χ1v) is 9.25. The fourth-order valence-electron chi connectivity index (χ4n) is 3.20. The molecule has 1 aromatic carbocycles. The maximum Gasteiger partial charge on any atom is 0.259 e. The Morgan fingerprint density at radius 2 is 2.08 bits per heavy atom. The topological polar surface area (TPSA) is 67.0 Å². The molecule has 3 heterocycles. The number of hydrogen-bond acceptors (Lipinski definition) is 5. The van der Waals surface area contributed by atoms with Crippen LogP contribution in [0.4, 0.5) is 0 Å². The van der Waals surface area contributed by atoms with E-state index in [2.05, 4.69) is 41.3 Å². The highest BCUT2D eigenvalue weighted by atomic mass is 32.1. The Kier molecular flexibility index (Phi) is 4.19. The molecular formula is C19H21N3O2S. The first-order valence-electron chi connectivity index (χ1n) is 8.44. The molecule has 0 atom stereocenters. The maximum atomic E-state index is 12.6. The van der Waals surface area contributed by atoms with Crippen molar-refractivity contribution in [3.05, 3.63) is 62.5 Å². The van der Waals surface area contributed by atoms with Gasteiger partial charge in [-0.25, -0.2) is 4.98 Å². The van der Waals surface area contributed by atoms with Crippen LogP contribution < -0.4 is 10.9 Å². The summed E-state index contributed by atoms with van der Waals surface area (Å²) in [6, 6.07) is 10.2. The predicted molar refractivity (Wildman–Crippen MR) is 99.8 cm³/mol. The van der Waals surface area contributed by atoms with E-state index in [1.165, 1.54) is 5.56 Å². The van der Waals surface area contributed by atoms with Crippen LogP contribution in [0.3, 0.4) is 0 Å². The van der Waals surface area contributed by atoms with Crippen molar-refractivity contribution in [2.24, 2.45) is 0 Å². The SMILES string of the molecule is CC1(C)Cc2c(sc3nc(CNCc4ccccc4)[nH]c(=O)c23)CO1. The Hall–Kier alpha value is -2.02. The van der Waals surface area contributed by atoms with E-state index in [0.29, 0.717) is 19.0 Å². The lowest BCUT2D eigenvalue weighted by atomic mass is 9.94. The molecule has 0 saturated heterocycles. The summed E-state index contributed by atoms with van der Waals surface area (Å²) in [6.07, 6.45) is 0.749. The van der Waals surface area contributed by atoms with E-state index < -0.39 is 0 Å². The maximum absolute atomic E-state index is 12.6. The molecule has 5 nitrogen and oxygen atoms in total. The van der Waals surface area contributed by atoms with Crippen LogP contribution >= 0.6 is 11.3 Å². The molecule has 3 aromatic rings. The zero-order chi connectivity index (χ0) is 17.4. The number of benzene rings is 1. The van der Waals surface area contributed by atoms with Crippen LogP contribution in [0.1, 0.15) is 35.7 Å². The monoisotopic (exact) mass is 355 g/mol. The van der Waals surface area contributed by atoms with Crippen molar-refractivity contribution in [2.45, 2.75) is 45.6 Å². The Bertz CT molecular complexity index is 960. The zero-order valence-electron chi connectivity index (χ0n) is 14.4. The number of fused-ring (bicyclic) bond motifs is 3. The number of aromatic nitrogens is 2. The number of ether oxygens (including phenoxy) is 1. The molecule has 1 aliphatic rings. The van der Waals surface area contributed by atoms with Crippen LogP contribution in [0.15, 0.2) is 35.1 Å². The van der Waals surface area contributed by atoms with Crippen LogP contribution in [0.5, 0.6) is 0 Å². The smallest absolute Gasteiger partial charge is 0.259 e. The van der Waals surface area contributed by atoms with Gasteiger partial charge in [-0.2, -0.15) is 0 Å². The summed E-state index contributed by atoms with van der Waals surface area (Å²) in [6.45, 7) is 5.95. The summed E-state index contributed by atoms with van der Waals surface area (Å²) < 4.78 is 5.86. The summed E-state index contributed by atoms with van der Waals surface area (Å²) >= 11 is 1.57. The van der Waals surface area contributed by atoms with Crippen molar-refractivity contribution >= 4 is 21.6 Å². The summed E-state index contributed by atoms with van der Waals surface area (Å²) in [7, 11) is 0. The fourth-order valence-corrected chi connectivity index (χ4v) is 4.32. The predicted octanol–water partition coefficient (Wildman–Crippen LogP) is 3.13. The van der Waals surface area contributed by atoms with Crippen molar-refractivity contribution in [1.82, 2.24) is 15.3 Å². The third-order valence-electron chi connectivity index (χ3n) is 4.45. The Morgan fingerprint density at radius 1 is 1.28 bits per heavy atom. The highest BCUT2D eigenvalue weighted by molar-refractivity contribution is 7.18. The quantitative estimate of drug-likeness (QED) is 0.755. The first kappa shape index (κ1) is 16.4. The molecule has 1 aliphatic heterocycles. The van der Waals surface area contributed by atoms with Gasteiger partial charge < -0.3 is 15.0 Å². The van der Waals surface area contributed by atoms with Crippen LogP contribution in [0.2, 0.25) is 0 Å². The summed E-state index contributed by atoms with van der Waals surface area (Å²) in [5.41, 5.74) is 2.03. The number of nitrogens with one attached hydrogen (secondary N) is 2. The lowest BCUT2D eigenvalue weighted by Crippen LogP contribution is -2.31. The number of aromatic amines is 1. The number of hydrogen-bond donors (Lipinski definition) is 2. The Labute approximate surface area is 150 Å². The molecule has 0 aliphatic carbocycles. The van der Waals surface area contributed by atoms with Crippen molar-refractivity contribution in [3.63, 3.8) is 0 Å². The number of nitrogens with zero attached hydrogens (tertiary/aromatic N) is 1. The largest absolute Gasteiger partial charge is 0.370 e. The van der Waals surface area contributed by atoms with Gasteiger partial charge in [0.25, 0.3) is 5.56 Å². The van der Waals surface area contributed by atoms with E-state index in [9.17, 15) is 4.79 Å². The van der Waals surface area contributed by atoms with Crippen molar-refractivity contribution in [2.75, 3.05) is 0 Å². The molecule has 0 bridgehead atoms. The van der Waals surface area contributed by atoms with Gasteiger partial charge in [0, 0.05) is 17.8 Å². The normalized spacial score (nSPS) is 16.1. The summed E-state index contributed by atoms with van der Waals surface area (Å²) in [5, 5.41) is 4.07. The van der Waals surface area contributed by atoms with Gasteiger partial charge >= 0.3 is 0 Å². The molecule has 130 valence electrons. The molecule has 6 heteroatoms. The molecule has 2 aromatic heterocycles. The molecule has 0 unspecified atom stereocenters. The highest BCUT2D eigenvalue weighted by Gasteiger charge is 2.30. The van der Waals surface area contributed by atoms with Gasteiger partial charge in [-0.3, -0.25) is 4.79 Å². The van der Waals surface area contributed by atoms with Gasteiger partial charge in [-0.15, -0.1) is 11.3 Å². The van der Waals surface area contributed by atoms with Crippen LogP contribution in [-0.2, 0) is 30.9 Å². The average Bonchev–Trinajstić information content (AvgIpc) is 2.92. The standard InChI is InChI=1S/C19H21N3O2S/c1-19(2)8-13-14(11-24-19)25-18-16(13)17(23)21-15(22-18)10-20-9-12-6-4-3-5-7-12/h3-7,20H,8-11H2,1-2H3,(H,21,22,23). The van der Waals surface area contributed by atoms with Gasteiger partial charge in [0.1, 0.15) is 10.7 Å². The zero-order valence-corrected chi connectivity index (χ0v) is 15.2. The summed E-state index contributed by atoms with van der Waals surface area (Å²) in [5.74, 6) is 0.673. The molecular weight excluding hydrogens is 334 g/mol. The molecule has 0 radical (unpaired) electrons. The van der Waals surface area contributed by atoms with Gasteiger partial charge in [0.15, 0.2) is 0 Å². The van der Waals surface area contributed by atoms with E-state index in [-0.39, 0.29) is 11.2 Å². The van der Waals surface area contributed by atoms with Crippen LogP contribution in [0, 0.1) is 0 Å². The summed E-state index contributed by atoms with van der Waals surface area (Å²) in [4.78, 5) is 22.2. The molecule has 0 fully saturated rings. The average molecular weight is 355 g/mol. The van der Waals surface area contributed by atoms with E-state index >= 15 is 0 Å². The second-order valence-corrected chi connectivity index (χ2v) is 8.09. The first-order chi connectivity index (χ1) is 12.0. The molecule has 2 N–H and O–H groups in total. The van der Waals surface area contributed by atoms with E-state index in [4.69, 9.17) is 4.74 Å². The van der Waals surface area contributed by atoms with E-state index in [1.54, 1.807) is 11.3 Å². The molecule has 4 rings (SSSR count). The second-order valence-electron chi connectivity index (χ2n) is 7.01. The van der Waals surface area contributed by atoms with Gasteiger partial charge in [-0.1, -0.05) is 30.3 Å². The number of thiophene rings is 1. The minimum Gasteiger partial charge on any atom is -0.370 e. The molecule has 0 spiro atoms. The highest BCUT2D eigenvalue weighted by Crippen LogP contribution is 2.36. The van der Waals surface area contributed by atoms with Gasteiger partial charge in [-0.05, 0) is 25.0 Å². The van der Waals surface area contributed by atoms with E-state index in [1.807, 2.05) is 18.2 Å². The van der Waals surface area contributed by atoms with Crippen molar-refractivity contribution < 1.29 is 4.74 Å². The number of rotatable bonds is 4. The van der Waals surface area contributed by atoms with Gasteiger partial charge in [0.2, 0.25) is 0 Å². The van der Waals surface area contributed by atoms with Gasteiger partial charge in [0.05, 0.1) is 24.1 Å². The van der Waals surface area contributed by atoms with E-state index in [0.717, 1.165) is 33.6 Å². The second kappa shape index (κ2) is 6.37. The molecule has 0 saturated carbocycles. The third kappa shape index (κ3) is 3.38. The minimum absolute atomic E-state index is 0.0447. The minimum atomic E-state index is -0.233. The Morgan fingerprint density at radius 3 is 2.88 bits per heavy atom. The molecule has 0 amide bonds. The van der Waals surface area contributed by atoms with Crippen molar-refractivity contribution in [3.8, 4) is 0 Å².